The predicted molar refractivity (Wildman–Crippen MR) is 82.9 cm³/mol. The second-order valence-electron chi connectivity index (χ2n) is 5.39. The molecule has 1 aromatic rings. The van der Waals surface area contributed by atoms with Crippen LogP contribution in [0.4, 0.5) is 11.4 Å². The van der Waals surface area contributed by atoms with E-state index in [1.807, 2.05) is 4.90 Å². The molecule has 0 aromatic heterocycles. The first-order valence-corrected chi connectivity index (χ1v) is 7.24. The van der Waals surface area contributed by atoms with Gasteiger partial charge in [-0.2, -0.15) is 0 Å². The van der Waals surface area contributed by atoms with E-state index in [0.717, 1.165) is 25.9 Å². The van der Waals surface area contributed by atoms with Gasteiger partial charge in [0.2, 0.25) is 5.91 Å². The Bertz CT molecular complexity index is 538. The molecule has 1 atom stereocenters. The molecule has 0 bridgehead atoms. The van der Waals surface area contributed by atoms with Gasteiger partial charge in [-0.3, -0.25) is 9.59 Å². The molecule has 1 aliphatic heterocycles. The Morgan fingerprint density at radius 2 is 1.90 bits per heavy atom. The largest absolute Gasteiger partial charge is 0.397 e. The van der Waals surface area contributed by atoms with Crippen molar-refractivity contribution < 1.29 is 9.59 Å². The summed E-state index contributed by atoms with van der Waals surface area (Å²) in [6, 6.07) is 4.48. The second kappa shape index (κ2) is 6.47. The number of carbonyl (C=O) groups is 2. The number of piperidine rings is 1. The highest BCUT2D eigenvalue weighted by atomic mass is 16.2. The zero-order valence-electron chi connectivity index (χ0n) is 12.3. The number of anilines is 2. The number of likely N-dealkylation sites (tertiary alicyclic amines) is 1. The number of amides is 2. The molecule has 6 heteroatoms. The summed E-state index contributed by atoms with van der Waals surface area (Å²) in [5, 5.41) is 3.04. The van der Waals surface area contributed by atoms with Crippen LogP contribution in [0.2, 0.25) is 0 Å². The first-order chi connectivity index (χ1) is 10.0. The molecule has 1 saturated heterocycles. The van der Waals surface area contributed by atoms with Crippen LogP contribution in [0.5, 0.6) is 0 Å². The van der Waals surface area contributed by atoms with Crippen LogP contribution < -0.4 is 16.8 Å². The minimum absolute atomic E-state index is 0.0216. The Morgan fingerprint density at radius 3 is 2.52 bits per heavy atom. The third-order valence-electron chi connectivity index (χ3n) is 3.76. The number of nitrogens with zero attached hydrogens (tertiary/aromatic N) is 1. The Kier molecular flexibility index (Phi) is 4.67. The maximum atomic E-state index is 12.4. The average Bonchev–Trinajstić information content (AvgIpc) is 2.49. The quantitative estimate of drug-likeness (QED) is 0.725. The standard InChI is InChI=1S/C15H22N4O2/c1-10(15(21)19-8-3-2-4-9-19)18-13-11(14(17)20)6-5-7-12(13)16/h5-7,10,18H,2-4,8-9,16H2,1H3,(H2,17,20). The van der Waals surface area contributed by atoms with Gasteiger partial charge in [-0.25, -0.2) is 0 Å². The molecule has 0 radical (unpaired) electrons. The van der Waals surface area contributed by atoms with Gasteiger partial charge in [-0.1, -0.05) is 6.07 Å². The molecule has 0 saturated carbocycles. The minimum atomic E-state index is -0.567. The first-order valence-electron chi connectivity index (χ1n) is 7.24. The average molecular weight is 290 g/mol. The molecule has 1 aromatic carbocycles. The molecule has 2 rings (SSSR count). The molecule has 5 N–H and O–H groups in total. The van der Waals surface area contributed by atoms with Crippen molar-refractivity contribution in [2.45, 2.75) is 32.2 Å². The first kappa shape index (κ1) is 15.2. The number of nitrogen functional groups attached to an aromatic ring is 1. The summed E-state index contributed by atoms with van der Waals surface area (Å²) in [6.45, 7) is 3.35. The van der Waals surface area contributed by atoms with Crippen LogP contribution in [-0.2, 0) is 4.79 Å². The maximum Gasteiger partial charge on any atom is 0.250 e. The molecule has 1 aliphatic rings. The van der Waals surface area contributed by atoms with Crippen molar-refractivity contribution in [1.82, 2.24) is 4.90 Å². The number of benzene rings is 1. The normalized spacial score (nSPS) is 16.3. The van der Waals surface area contributed by atoms with Gasteiger partial charge in [-0.15, -0.1) is 0 Å². The molecular formula is C15H22N4O2. The Hall–Kier alpha value is -2.24. The maximum absolute atomic E-state index is 12.4. The summed E-state index contributed by atoms with van der Waals surface area (Å²) < 4.78 is 0. The molecule has 21 heavy (non-hydrogen) atoms. The summed E-state index contributed by atoms with van der Waals surface area (Å²) in [4.78, 5) is 25.7. The number of para-hydroxylation sites is 1. The molecular weight excluding hydrogens is 268 g/mol. The van der Waals surface area contributed by atoms with Gasteiger partial charge in [-0.05, 0) is 38.3 Å². The van der Waals surface area contributed by atoms with E-state index in [0.29, 0.717) is 16.9 Å². The summed E-state index contributed by atoms with van der Waals surface area (Å²) >= 11 is 0. The van der Waals surface area contributed by atoms with Crippen LogP contribution in [0.15, 0.2) is 18.2 Å². The van der Waals surface area contributed by atoms with Gasteiger partial charge < -0.3 is 21.7 Å². The SMILES string of the molecule is CC(Nc1c(N)cccc1C(N)=O)C(=O)N1CCCCC1. The fourth-order valence-corrected chi connectivity index (χ4v) is 2.60. The molecule has 6 nitrogen and oxygen atoms in total. The van der Waals surface area contributed by atoms with E-state index in [1.54, 1.807) is 25.1 Å². The fourth-order valence-electron chi connectivity index (χ4n) is 2.60. The Balaban J connectivity index is 2.13. The van der Waals surface area contributed by atoms with Crippen molar-refractivity contribution in [2.24, 2.45) is 5.73 Å². The smallest absolute Gasteiger partial charge is 0.250 e. The van der Waals surface area contributed by atoms with Crippen LogP contribution >= 0.6 is 0 Å². The van der Waals surface area contributed by atoms with Crippen LogP contribution in [-0.4, -0.2) is 35.8 Å². The van der Waals surface area contributed by atoms with Crippen LogP contribution in [0.1, 0.15) is 36.5 Å². The van der Waals surface area contributed by atoms with Crippen LogP contribution in [0.3, 0.4) is 0 Å². The van der Waals surface area contributed by atoms with E-state index in [4.69, 9.17) is 11.5 Å². The lowest BCUT2D eigenvalue weighted by molar-refractivity contribution is -0.132. The van der Waals surface area contributed by atoms with Crippen molar-refractivity contribution >= 4 is 23.2 Å². The van der Waals surface area contributed by atoms with Crippen molar-refractivity contribution in [2.75, 3.05) is 24.1 Å². The lowest BCUT2D eigenvalue weighted by Crippen LogP contribution is -2.44. The van der Waals surface area contributed by atoms with E-state index in [-0.39, 0.29) is 5.91 Å². The van der Waals surface area contributed by atoms with E-state index in [1.165, 1.54) is 6.42 Å². The van der Waals surface area contributed by atoms with Crippen molar-refractivity contribution in [1.29, 1.82) is 0 Å². The minimum Gasteiger partial charge on any atom is -0.397 e. The number of primary amides is 1. The van der Waals surface area contributed by atoms with E-state index < -0.39 is 11.9 Å². The monoisotopic (exact) mass is 290 g/mol. The molecule has 0 spiro atoms. The number of nitrogens with two attached hydrogens (primary N) is 2. The molecule has 1 heterocycles. The van der Waals surface area contributed by atoms with Gasteiger partial charge in [0.1, 0.15) is 6.04 Å². The van der Waals surface area contributed by atoms with E-state index in [9.17, 15) is 9.59 Å². The third-order valence-corrected chi connectivity index (χ3v) is 3.76. The van der Waals surface area contributed by atoms with E-state index in [2.05, 4.69) is 5.32 Å². The third kappa shape index (κ3) is 3.45. The van der Waals surface area contributed by atoms with Crippen LogP contribution in [0, 0.1) is 0 Å². The van der Waals surface area contributed by atoms with Gasteiger partial charge in [0.05, 0.1) is 16.9 Å². The molecule has 0 aliphatic carbocycles. The molecule has 1 unspecified atom stereocenters. The molecule has 1 fully saturated rings. The zero-order chi connectivity index (χ0) is 15.4. The summed E-state index contributed by atoms with van der Waals surface area (Å²) in [7, 11) is 0. The number of hydrogen-bond donors (Lipinski definition) is 3. The Labute approximate surface area is 124 Å². The van der Waals surface area contributed by atoms with E-state index >= 15 is 0 Å². The van der Waals surface area contributed by atoms with Gasteiger partial charge in [0.25, 0.3) is 5.91 Å². The van der Waals surface area contributed by atoms with Crippen molar-refractivity contribution in [3.63, 3.8) is 0 Å². The summed E-state index contributed by atoms with van der Waals surface area (Å²) in [5.41, 5.74) is 12.4. The second-order valence-corrected chi connectivity index (χ2v) is 5.39. The van der Waals surface area contributed by atoms with Crippen molar-refractivity contribution in [3.05, 3.63) is 23.8 Å². The zero-order valence-corrected chi connectivity index (χ0v) is 12.3. The van der Waals surface area contributed by atoms with Crippen molar-refractivity contribution in [3.8, 4) is 0 Å². The Morgan fingerprint density at radius 1 is 1.24 bits per heavy atom. The molecule has 114 valence electrons. The topological polar surface area (TPSA) is 101 Å². The number of hydrogen-bond acceptors (Lipinski definition) is 4. The number of nitrogens with one attached hydrogen (secondary N) is 1. The highest BCUT2D eigenvalue weighted by Crippen LogP contribution is 2.24. The summed E-state index contributed by atoms with van der Waals surface area (Å²) in [6.07, 6.45) is 3.25. The van der Waals surface area contributed by atoms with Gasteiger partial charge >= 0.3 is 0 Å². The van der Waals surface area contributed by atoms with Gasteiger partial charge in [0, 0.05) is 13.1 Å². The van der Waals surface area contributed by atoms with Crippen LogP contribution in [0.25, 0.3) is 0 Å². The highest BCUT2D eigenvalue weighted by molar-refractivity contribution is 6.02. The predicted octanol–water partition coefficient (Wildman–Crippen LogP) is 1.18. The van der Waals surface area contributed by atoms with Gasteiger partial charge in [0.15, 0.2) is 0 Å². The lowest BCUT2D eigenvalue weighted by atomic mass is 10.1. The highest BCUT2D eigenvalue weighted by Gasteiger charge is 2.23. The fraction of sp³-hybridized carbons (Fsp3) is 0.467. The molecule has 2 amide bonds. The summed E-state index contributed by atoms with van der Waals surface area (Å²) in [5.74, 6) is -0.546. The number of carbonyl (C=O) groups excluding carboxylic acids is 2. The lowest BCUT2D eigenvalue weighted by Gasteiger charge is -2.30. The number of rotatable bonds is 4.